The minimum absolute atomic E-state index is 0.0457. The van der Waals surface area contributed by atoms with Gasteiger partial charge in [0.25, 0.3) is 0 Å². The van der Waals surface area contributed by atoms with Gasteiger partial charge in [0.05, 0.1) is 18.0 Å². The highest BCUT2D eigenvalue weighted by atomic mass is 32.2. The predicted molar refractivity (Wildman–Crippen MR) is 81.0 cm³/mol. The van der Waals surface area contributed by atoms with Crippen molar-refractivity contribution in [2.75, 3.05) is 18.1 Å². The standard InChI is InChI=1S/C14H28N2O3S/c1-6-11(5)12-14(17)16(13(15-12)10(3)4)8-9-20(18,19)7-2/h10-13,15H,6-9H2,1-5H3. The van der Waals surface area contributed by atoms with Gasteiger partial charge in [-0.05, 0) is 11.8 Å². The molecule has 1 amide bonds. The van der Waals surface area contributed by atoms with Crippen LogP contribution in [0.3, 0.4) is 0 Å². The van der Waals surface area contributed by atoms with E-state index in [4.69, 9.17) is 0 Å². The lowest BCUT2D eigenvalue weighted by Gasteiger charge is -2.27. The average Bonchev–Trinajstić information content (AvgIpc) is 2.73. The van der Waals surface area contributed by atoms with Crippen molar-refractivity contribution >= 4 is 15.7 Å². The van der Waals surface area contributed by atoms with Crippen molar-refractivity contribution in [3.63, 3.8) is 0 Å². The number of rotatable bonds is 7. The SMILES string of the molecule is CCC(C)C1NC(C(C)C)N(CCS(=O)(=O)CC)C1=O. The number of hydrogen-bond donors (Lipinski definition) is 1. The molecule has 0 spiro atoms. The van der Waals surface area contributed by atoms with Crippen molar-refractivity contribution in [2.45, 2.75) is 53.2 Å². The van der Waals surface area contributed by atoms with E-state index in [1.165, 1.54) is 0 Å². The van der Waals surface area contributed by atoms with Crippen LogP contribution in [0.25, 0.3) is 0 Å². The molecule has 0 aromatic heterocycles. The highest BCUT2D eigenvalue weighted by Crippen LogP contribution is 2.23. The number of hydrogen-bond acceptors (Lipinski definition) is 4. The van der Waals surface area contributed by atoms with Gasteiger partial charge in [-0.15, -0.1) is 0 Å². The molecule has 3 atom stereocenters. The minimum atomic E-state index is -3.04. The average molecular weight is 304 g/mol. The molecule has 20 heavy (non-hydrogen) atoms. The number of amides is 1. The molecule has 1 saturated heterocycles. The molecule has 0 aromatic rings. The van der Waals surface area contributed by atoms with Crippen LogP contribution in [0.4, 0.5) is 0 Å². The molecule has 0 aromatic carbocycles. The zero-order chi connectivity index (χ0) is 15.5. The van der Waals surface area contributed by atoms with Gasteiger partial charge >= 0.3 is 0 Å². The molecular formula is C14H28N2O3S. The van der Waals surface area contributed by atoms with Gasteiger partial charge in [-0.2, -0.15) is 0 Å². The van der Waals surface area contributed by atoms with E-state index in [-0.39, 0.29) is 48.0 Å². The topological polar surface area (TPSA) is 66.5 Å². The molecular weight excluding hydrogens is 276 g/mol. The van der Waals surface area contributed by atoms with Crippen LogP contribution >= 0.6 is 0 Å². The molecule has 1 aliphatic heterocycles. The minimum Gasteiger partial charge on any atom is -0.325 e. The van der Waals surface area contributed by atoms with E-state index >= 15 is 0 Å². The largest absolute Gasteiger partial charge is 0.325 e. The van der Waals surface area contributed by atoms with Gasteiger partial charge in [0, 0.05) is 12.3 Å². The summed E-state index contributed by atoms with van der Waals surface area (Å²) in [5.41, 5.74) is 0. The second-order valence-corrected chi connectivity index (χ2v) is 8.46. The fourth-order valence-corrected chi connectivity index (χ4v) is 3.25. The number of nitrogens with zero attached hydrogens (tertiary/aromatic N) is 1. The van der Waals surface area contributed by atoms with Crippen LogP contribution in [0.1, 0.15) is 41.0 Å². The third-order valence-corrected chi connectivity index (χ3v) is 5.85. The molecule has 0 aliphatic carbocycles. The fraction of sp³-hybridized carbons (Fsp3) is 0.929. The van der Waals surface area contributed by atoms with Gasteiger partial charge in [-0.25, -0.2) is 8.42 Å². The van der Waals surface area contributed by atoms with Crippen molar-refractivity contribution in [1.82, 2.24) is 10.2 Å². The van der Waals surface area contributed by atoms with Gasteiger partial charge in [-0.3, -0.25) is 10.1 Å². The normalized spacial score (nSPS) is 25.5. The van der Waals surface area contributed by atoms with E-state index in [1.54, 1.807) is 11.8 Å². The van der Waals surface area contributed by atoms with Crippen LogP contribution in [-0.2, 0) is 14.6 Å². The highest BCUT2D eigenvalue weighted by molar-refractivity contribution is 7.91. The molecule has 3 unspecified atom stereocenters. The second kappa shape index (κ2) is 6.89. The van der Waals surface area contributed by atoms with Crippen LogP contribution in [0.2, 0.25) is 0 Å². The monoisotopic (exact) mass is 304 g/mol. The van der Waals surface area contributed by atoms with Crippen LogP contribution in [0, 0.1) is 11.8 Å². The van der Waals surface area contributed by atoms with Crippen LogP contribution in [0.5, 0.6) is 0 Å². The Morgan fingerprint density at radius 2 is 1.85 bits per heavy atom. The molecule has 0 bridgehead atoms. The Kier molecular flexibility index (Phi) is 6.01. The molecule has 1 aliphatic rings. The van der Waals surface area contributed by atoms with E-state index in [1.807, 2.05) is 13.8 Å². The Labute approximate surface area is 123 Å². The summed E-state index contributed by atoms with van der Waals surface area (Å²) in [7, 11) is -3.04. The van der Waals surface area contributed by atoms with Crippen molar-refractivity contribution < 1.29 is 13.2 Å². The quantitative estimate of drug-likeness (QED) is 0.769. The number of carbonyl (C=O) groups is 1. The second-order valence-electron chi connectivity index (χ2n) is 5.99. The molecule has 1 fully saturated rings. The Morgan fingerprint density at radius 1 is 1.25 bits per heavy atom. The molecule has 0 radical (unpaired) electrons. The van der Waals surface area contributed by atoms with Gasteiger partial charge < -0.3 is 4.90 Å². The molecule has 1 heterocycles. The Balaban J connectivity index is 2.83. The molecule has 6 heteroatoms. The summed E-state index contributed by atoms with van der Waals surface area (Å²) in [5, 5.41) is 3.38. The summed E-state index contributed by atoms with van der Waals surface area (Å²) in [6, 6.07) is -0.184. The van der Waals surface area contributed by atoms with E-state index < -0.39 is 9.84 Å². The van der Waals surface area contributed by atoms with Crippen LogP contribution in [-0.4, -0.2) is 49.5 Å². The maximum Gasteiger partial charge on any atom is 0.241 e. The zero-order valence-electron chi connectivity index (χ0n) is 13.2. The third-order valence-electron chi connectivity index (χ3n) is 4.16. The lowest BCUT2D eigenvalue weighted by Crippen LogP contribution is -2.43. The van der Waals surface area contributed by atoms with Gasteiger partial charge in [0.2, 0.25) is 5.91 Å². The molecule has 0 saturated carbocycles. The van der Waals surface area contributed by atoms with Crippen molar-refractivity contribution in [2.24, 2.45) is 11.8 Å². The Hall–Kier alpha value is -0.620. The van der Waals surface area contributed by atoms with Gasteiger partial charge in [-0.1, -0.05) is 41.0 Å². The first kappa shape index (κ1) is 17.4. The van der Waals surface area contributed by atoms with E-state index in [0.29, 0.717) is 0 Å². The molecule has 1 rings (SSSR count). The van der Waals surface area contributed by atoms with Gasteiger partial charge in [0.15, 0.2) is 9.84 Å². The lowest BCUT2D eigenvalue weighted by atomic mass is 9.99. The number of sulfone groups is 1. The summed E-state index contributed by atoms with van der Waals surface area (Å²) in [6.45, 7) is 10.1. The van der Waals surface area contributed by atoms with Gasteiger partial charge in [0.1, 0.15) is 0 Å². The maximum atomic E-state index is 12.5. The molecule has 5 nitrogen and oxygen atoms in total. The summed E-state index contributed by atoms with van der Waals surface area (Å²) in [4.78, 5) is 14.2. The smallest absolute Gasteiger partial charge is 0.241 e. The van der Waals surface area contributed by atoms with E-state index in [2.05, 4.69) is 19.2 Å². The molecule has 118 valence electrons. The van der Waals surface area contributed by atoms with E-state index in [0.717, 1.165) is 6.42 Å². The summed E-state index contributed by atoms with van der Waals surface area (Å²) < 4.78 is 23.3. The Morgan fingerprint density at radius 3 is 2.30 bits per heavy atom. The highest BCUT2D eigenvalue weighted by Gasteiger charge is 2.42. The summed E-state index contributed by atoms with van der Waals surface area (Å²) in [6.07, 6.45) is 0.864. The van der Waals surface area contributed by atoms with Crippen molar-refractivity contribution in [1.29, 1.82) is 0 Å². The molecule has 1 N–H and O–H groups in total. The van der Waals surface area contributed by atoms with Crippen LogP contribution in [0.15, 0.2) is 0 Å². The Bertz CT molecular complexity index is 434. The van der Waals surface area contributed by atoms with E-state index in [9.17, 15) is 13.2 Å². The zero-order valence-corrected chi connectivity index (χ0v) is 14.0. The predicted octanol–water partition coefficient (Wildman–Crippen LogP) is 1.25. The lowest BCUT2D eigenvalue weighted by molar-refractivity contribution is -0.131. The third kappa shape index (κ3) is 3.95. The first-order chi connectivity index (χ1) is 9.23. The number of nitrogens with one attached hydrogen (secondary N) is 1. The number of carbonyl (C=O) groups excluding carboxylic acids is 1. The first-order valence-electron chi connectivity index (χ1n) is 7.50. The van der Waals surface area contributed by atoms with Crippen molar-refractivity contribution in [3.8, 4) is 0 Å². The fourth-order valence-electron chi connectivity index (χ4n) is 2.49. The maximum absolute atomic E-state index is 12.5. The van der Waals surface area contributed by atoms with Crippen molar-refractivity contribution in [3.05, 3.63) is 0 Å². The van der Waals surface area contributed by atoms with Crippen LogP contribution < -0.4 is 5.32 Å². The first-order valence-corrected chi connectivity index (χ1v) is 9.32. The summed E-state index contributed by atoms with van der Waals surface area (Å²) >= 11 is 0. The summed E-state index contributed by atoms with van der Waals surface area (Å²) in [5.74, 6) is 0.745.